The van der Waals surface area contributed by atoms with E-state index in [4.69, 9.17) is 0 Å². The highest BCUT2D eigenvalue weighted by Crippen LogP contribution is 2.30. The van der Waals surface area contributed by atoms with E-state index < -0.39 is 0 Å². The Bertz CT molecular complexity index is 969. The van der Waals surface area contributed by atoms with Gasteiger partial charge >= 0.3 is 0 Å². The number of phenolic OH excluding ortho intramolecular Hbond substituents is 1. The van der Waals surface area contributed by atoms with E-state index in [0.717, 1.165) is 37.3 Å². The summed E-state index contributed by atoms with van der Waals surface area (Å²) in [6.07, 6.45) is 0.879. The van der Waals surface area contributed by atoms with Crippen molar-refractivity contribution in [2.24, 2.45) is 0 Å². The summed E-state index contributed by atoms with van der Waals surface area (Å²) in [4.78, 5) is 20.6. The second-order valence-electron chi connectivity index (χ2n) is 6.81. The van der Waals surface area contributed by atoms with Crippen molar-refractivity contribution in [3.05, 3.63) is 75.8 Å². The van der Waals surface area contributed by atoms with Crippen LogP contribution < -0.4 is 5.32 Å². The van der Waals surface area contributed by atoms with Crippen molar-refractivity contribution in [3.8, 4) is 5.75 Å². The summed E-state index contributed by atoms with van der Waals surface area (Å²) in [5.41, 5.74) is 3.54. The van der Waals surface area contributed by atoms with Gasteiger partial charge in [-0.25, -0.2) is 4.98 Å². The smallest absolute Gasteiger partial charge is 0.261 e. The molecule has 0 fully saturated rings. The molecule has 0 saturated heterocycles. The average molecular weight is 379 g/mol. The Hall–Kier alpha value is -2.70. The fourth-order valence-electron chi connectivity index (χ4n) is 3.28. The SMILES string of the molecule is Cc1ccc(C(=O)Nc2nc3c(s2)CN(Cc2ccccc2)CC3)c(O)c1. The molecule has 0 spiro atoms. The quantitative estimate of drug-likeness (QED) is 0.720. The molecule has 0 aliphatic carbocycles. The van der Waals surface area contributed by atoms with E-state index in [1.54, 1.807) is 12.1 Å². The molecule has 27 heavy (non-hydrogen) atoms. The molecule has 138 valence electrons. The first-order valence-electron chi connectivity index (χ1n) is 8.94. The highest BCUT2D eigenvalue weighted by molar-refractivity contribution is 7.15. The molecule has 0 radical (unpaired) electrons. The van der Waals surface area contributed by atoms with Crippen molar-refractivity contribution in [2.75, 3.05) is 11.9 Å². The average Bonchev–Trinajstić information content (AvgIpc) is 3.04. The van der Waals surface area contributed by atoms with Crippen LogP contribution in [-0.2, 0) is 19.5 Å². The molecule has 1 amide bonds. The molecule has 6 heteroatoms. The van der Waals surface area contributed by atoms with Gasteiger partial charge in [-0.3, -0.25) is 15.0 Å². The number of amides is 1. The summed E-state index contributed by atoms with van der Waals surface area (Å²) in [6, 6.07) is 15.5. The van der Waals surface area contributed by atoms with Crippen LogP contribution in [0.2, 0.25) is 0 Å². The predicted octanol–water partition coefficient (Wildman–Crippen LogP) is 3.97. The Morgan fingerprint density at radius 2 is 2.07 bits per heavy atom. The second-order valence-corrected chi connectivity index (χ2v) is 7.89. The fraction of sp³-hybridized carbons (Fsp3) is 0.238. The van der Waals surface area contributed by atoms with Crippen LogP contribution in [-0.4, -0.2) is 27.4 Å². The van der Waals surface area contributed by atoms with Crippen molar-refractivity contribution in [1.29, 1.82) is 0 Å². The first-order valence-corrected chi connectivity index (χ1v) is 9.76. The number of aromatic nitrogens is 1. The van der Waals surface area contributed by atoms with Gasteiger partial charge in [0, 0.05) is 30.9 Å². The Balaban J connectivity index is 1.44. The first kappa shape index (κ1) is 17.7. The number of aryl methyl sites for hydroxylation is 1. The van der Waals surface area contributed by atoms with Crippen LogP contribution in [0.5, 0.6) is 5.75 Å². The molecule has 3 aromatic rings. The largest absolute Gasteiger partial charge is 0.507 e. The van der Waals surface area contributed by atoms with Crippen LogP contribution in [0, 0.1) is 6.92 Å². The first-order chi connectivity index (χ1) is 13.1. The Morgan fingerprint density at radius 1 is 1.26 bits per heavy atom. The summed E-state index contributed by atoms with van der Waals surface area (Å²) < 4.78 is 0. The van der Waals surface area contributed by atoms with Gasteiger partial charge < -0.3 is 5.11 Å². The maximum atomic E-state index is 12.4. The molecule has 2 heterocycles. The second kappa shape index (κ2) is 7.50. The lowest BCUT2D eigenvalue weighted by Gasteiger charge is -2.25. The minimum Gasteiger partial charge on any atom is -0.507 e. The lowest BCUT2D eigenvalue weighted by atomic mass is 10.1. The number of nitrogens with one attached hydrogen (secondary N) is 1. The van der Waals surface area contributed by atoms with E-state index >= 15 is 0 Å². The molecule has 1 aromatic heterocycles. The number of hydrogen-bond acceptors (Lipinski definition) is 5. The minimum atomic E-state index is -0.334. The van der Waals surface area contributed by atoms with Crippen molar-refractivity contribution < 1.29 is 9.90 Å². The number of thiazole rings is 1. The zero-order valence-corrected chi connectivity index (χ0v) is 15.9. The van der Waals surface area contributed by atoms with Crippen LogP contribution >= 0.6 is 11.3 Å². The Kier molecular flexibility index (Phi) is 4.92. The third-order valence-corrected chi connectivity index (χ3v) is 5.68. The molecular weight excluding hydrogens is 358 g/mol. The van der Waals surface area contributed by atoms with Gasteiger partial charge in [-0.2, -0.15) is 0 Å². The molecule has 4 rings (SSSR count). The van der Waals surface area contributed by atoms with Gasteiger partial charge in [-0.05, 0) is 30.2 Å². The molecular formula is C21H21N3O2S. The van der Waals surface area contributed by atoms with E-state index in [0.29, 0.717) is 5.13 Å². The lowest BCUT2D eigenvalue weighted by molar-refractivity contribution is 0.102. The number of nitrogens with zero attached hydrogens (tertiary/aromatic N) is 2. The molecule has 0 bridgehead atoms. The number of benzene rings is 2. The number of aromatic hydroxyl groups is 1. The normalized spacial score (nSPS) is 14.0. The monoisotopic (exact) mass is 379 g/mol. The number of rotatable bonds is 4. The van der Waals surface area contributed by atoms with Gasteiger partial charge in [0.15, 0.2) is 5.13 Å². The van der Waals surface area contributed by atoms with Crippen LogP contribution in [0.15, 0.2) is 48.5 Å². The number of hydrogen-bond donors (Lipinski definition) is 2. The van der Waals surface area contributed by atoms with E-state index in [9.17, 15) is 9.90 Å². The van der Waals surface area contributed by atoms with Crippen molar-refractivity contribution in [1.82, 2.24) is 9.88 Å². The maximum Gasteiger partial charge on any atom is 0.261 e. The molecule has 5 nitrogen and oxygen atoms in total. The van der Waals surface area contributed by atoms with Crippen molar-refractivity contribution >= 4 is 22.4 Å². The topological polar surface area (TPSA) is 65.5 Å². The third kappa shape index (κ3) is 4.02. The van der Waals surface area contributed by atoms with Crippen molar-refractivity contribution in [2.45, 2.75) is 26.4 Å². The summed E-state index contributed by atoms with van der Waals surface area (Å²) >= 11 is 1.52. The fourth-order valence-corrected chi connectivity index (χ4v) is 4.32. The molecule has 2 N–H and O–H groups in total. The molecule has 0 saturated carbocycles. The standard InChI is InChI=1S/C21H21N3O2S/c1-14-7-8-16(18(25)11-14)20(26)23-21-22-17-9-10-24(13-19(17)27-21)12-15-5-3-2-4-6-15/h2-8,11,25H,9-10,12-13H2,1H3,(H,22,23,26). The highest BCUT2D eigenvalue weighted by atomic mass is 32.1. The molecule has 0 unspecified atom stereocenters. The third-order valence-electron chi connectivity index (χ3n) is 4.68. The summed E-state index contributed by atoms with van der Waals surface area (Å²) in [5, 5.41) is 13.4. The van der Waals surface area contributed by atoms with Gasteiger partial charge in [-0.15, -0.1) is 11.3 Å². The van der Waals surface area contributed by atoms with Gasteiger partial charge in [0.2, 0.25) is 0 Å². The van der Waals surface area contributed by atoms with Crippen molar-refractivity contribution in [3.63, 3.8) is 0 Å². The molecule has 1 aliphatic heterocycles. The van der Waals surface area contributed by atoms with E-state index in [-0.39, 0.29) is 17.2 Å². The molecule has 2 aromatic carbocycles. The Labute approximate surface area is 162 Å². The summed E-state index contributed by atoms with van der Waals surface area (Å²) in [6.45, 7) is 4.58. The zero-order chi connectivity index (χ0) is 18.8. The highest BCUT2D eigenvalue weighted by Gasteiger charge is 2.22. The lowest BCUT2D eigenvalue weighted by Crippen LogP contribution is -2.29. The predicted molar refractivity (Wildman–Crippen MR) is 107 cm³/mol. The van der Waals surface area contributed by atoms with Crippen LogP contribution in [0.1, 0.15) is 32.1 Å². The number of carbonyl (C=O) groups is 1. The van der Waals surface area contributed by atoms with Gasteiger partial charge in [0.05, 0.1) is 11.3 Å². The van der Waals surface area contributed by atoms with Crippen LogP contribution in [0.25, 0.3) is 0 Å². The number of phenols is 1. The van der Waals surface area contributed by atoms with E-state index in [1.165, 1.54) is 21.8 Å². The van der Waals surface area contributed by atoms with E-state index in [1.807, 2.05) is 19.1 Å². The van der Waals surface area contributed by atoms with Gasteiger partial charge in [0.25, 0.3) is 5.91 Å². The van der Waals surface area contributed by atoms with Crippen LogP contribution in [0.3, 0.4) is 0 Å². The minimum absolute atomic E-state index is 0.0112. The number of fused-ring (bicyclic) bond motifs is 1. The molecule has 1 aliphatic rings. The maximum absolute atomic E-state index is 12.4. The number of carbonyl (C=O) groups excluding carboxylic acids is 1. The summed E-state index contributed by atoms with van der Waals surface area (Å²) in [5.74, 6) is -0.345. The Morgan fingerprint density at radius 3 is 2.85 bits per heavy atom. The van der Waals surface area contributed by atoms with Gasteiger partial charge in [0.1, 0.15) is 5.75 Å². The zero-order valence-electron chi connectivity index (χ0n) is 15.1. The van der Waals surface area contributed by atoms with Crippen LogP contribution in [0.4, 0.5) is 5.13 Å². The number of anilines is 1. The molecule has 0 atom stereocenters. The van der Waals surface area contributed by atoms with E-state index in [2.05, 4.69) is 39.5 Å². The van der Waals surface area contributed by atoms with Gasteiger partial charge in [-0.1, -0.05) is 36.4 Å². The summed E-state index contributed by atoms with van der Waals surface area (Å²) in [7, 11) is 0.